The molecule has 1 amide bonds. The smallest absolute Gasteiger partial charge is 0.379 e. The molecule has 37 heavy (non-hydrogen) atoms. The van der Waals surface area contributed by atoms with E-state index >= 15 is 0 Å². The number of carbonyl (C=O) groups is 1. The molecule has 0 bridgehead atoms. The molecule has 0 unspecified atom stereocenters. The number of hydrogen-bond donors (Lipinski definition) is 0. The van der Waals surface area contributed by atoms with Crippen LogP contribution in [-0.2, 0) is 41.1 Å². The van der Waals surface area contributed by atoms with Crippen LogP contribution in [0.5, 0.6) is 0 Å². The van der Waals surface area contributed by atoms with Crippen LogP contribution in [0.15, 0.2) is 48.8 Å². The second kappa shape index (κ2) is 8.81. The number of aryl methyl sites for hydroxylation is 1. The van der Waals surface area contributed by atoms with Crippen molar-refractivity contribution in [3.05, 3.63) is 82.4 Å². The summed E-state index contributed by atoms with van der Waals surface area (Å²) < 4.78 is 55.2. The Morgan fingerprint density at radius 3 is 2.62 bits per heavy atom. The number of alkyl halides is 3. The van der Waals surface area contributed by atoms with Gasteiger partial charge < -0.3 is 18.9 Å². The number of aromatic nitrogens is 3. The maximum absolute atomic E-state index is 14.1. The molecule has 0 N–H and O–H groups in total. The van der Waals surface area contributed by atoms with Crippen molar-refractivity contribution >= 4 is 17.2 Å². The summed E-state index contributed by atoms with van der Waals surface area (Å²) in [4.78, 5) is 14.9. The molecule has 0 saturated carbocycles. The number of carbonyl (C=O) groups excluding carboxylic acids is 1. The topological polar surface area (TPSA) is 69.5 Å². The Labute approximate surface area is 211 Å². The molecule has 1 aromatic heterocycles. The van der Waals surface area contributed by atoms with Crippen LogP contribution >= 0.6 is 0 Å². The van der Waals surface area contributed by atoms with E-state index in [1.54, 1.807) is 18.5 Å². The summed E-state index contributed by atoms with van der Waals surface area (Å²) >= 11 is 0. The largest absolute Gasteiger partial charge is 0.416 e. The van der Waals surface area contributed by atoms with Gasteiger partial charge in [0.25, 0.3) is 5.91 Å². The molecular weight excluding hydrogens is 485 g/mol. The van der Waals surface area contributed by atoms with Crippen molar-refractivity contribution in [1.29, 1.82) is 0 Å². The lowest BCUT2D eigenvalue weighted by atomic mass is 9.75. The predicted octanol–water partition coefficient (Wildman–Crippen LogP) is 4.31. The Balaban J connectivity index is 1.36. The number of ether oxygens (including phenoxy) is 2. The quantitative estimate of drug-likeness (QED) is 0.512. The van der Waals surface area contributed by atoms with Gasteiger partial charge in [0.2, 0.25) is 0 Å². The Kier molecular flexibility index (Phi) is 5.68. The van der Waals surface area contributed by atoms with Gasteiger partial charge in [0.1, 0.15) is 12.2 Å². The number of nitrogens with zero attached hydrogens (tertiary/aromatic N) is 4. The van der Waals surface area contributed by atoms with Gasteiger partial charge in [0, 0.05) is 30.1 Å². The van der Waals surface area contributed by atoms with Crippen LogP contribution in [-0.4, -0.2) is 47.1 Å². The number of hydrogen-bond acceptors (Lipinski definition) is 5. The summed E-state index contributed by atoms with van der Waals surface area (Å²) in [5, 5.41) is 8.16. The molecule has 192 valence electrons. The van der Waals surface area contributed by atoms with Crippen molar-refractivity contribution in [1.82, 2.24) is 14.8 Å². The van der Waals surface area contributed by atoms with Crippen LogP contribution in [0.3, 0.4) is 0 Å². The van der Waals surface area contributed by atoms with Gasteiger partial charge in [-0.05, 0) is 52.9 Å². The third kappa shape index (κ3) is 4.14. The molecule has 3 aliphatic rings. The fourth-order valence-electron chi connectivity index (χ4n) is 5.31. The zero-order valence-corrected chi connectivity index (χ0v) is 20.2. The van der Waals surface area contributed by atoms with E-state index in [-0.39, 0.29) is 29.7 Å². The first kappa shape index (κ1) is 23.9. The molecule has 1 saturated heterocycles. The molecule has 0 aliphatic carbocycles. The number of benzene rings is 2. The van der Waals surface area contributed by atoms with E-state index in [0.717, 1.165) is 17.5 Å². The lowest BCUT2D eigenvalue weighted by Gasteiger charge is -2.42. The average molecular weight is 511 g/mol. The fraction of sp³-hybridized carbons (Fsp3) is 0.370. The predicted molar refractivity (Wildman–Crippen MR) is 129 cm³/mol. The van der Waals surface area contributed by atoms with E-state index in [1.165, 1.54) is 4.90 Å². The van der Waals surface area contributed by atoms with Crippen LogP contribution in [0.1, 0.15) is 44.9 Å². The summed E-state index contributed by atoms with van der Waals surface area (Å²) in [6.45, 7) is 1.58. The lowest BCUT2D eigenvalue weighted by molar-refractivity contribution is -0.138. The van der Waals surface area contributed by atoms with Crippen molar-refractivity contribution in [3.63, 3.8) is 0 Å². The first-order valence-corrected chi connectivity index (χ1v) is 12.1. The van der Waals surface area contributed by atoms with Gasteiger partial charge in [-0.15, -0.1) is 10.2 Å². The lowest BCUT2D eigenvalue weighted by Crippen LogP contribution is -2.49. The number of rotatable bonds is 5. The highest BCUT2D eigenvalue weighted by Gasteiger charge is 2.43. The molecule has 0 atom stereocenters. The molecule has 10 heteroatoms. The third-order valence-electron chi connectivity index (χ3n) is 7.46. The first-order chi connectivity index (χ1) is 17.7. The Bertz CT molecular complexity index is 1410. The van der Waals surface area contributed by atoms with Crippen LogP contribution in [0.4, 0.5) is 18.9 Å². The summed E-state index contributed by atoms with van der Waals surface area (Å²) in [6.07, 6.45) is 0.155. The van der Waals surface area contributed by atoms with Gasteiger partial charge >= 0.3 is 6.18 Å². The molecule has 1 fully saturated rings. The zero-order valence-electron chi connectivity index (χ0n) is 20.2. The van der Waals surface area contributed by atoms with E-state index in [2.05, 4.69) is 10.2 Å². The normalized spacial score (nSPS) is 19.0. The molecule has 4 heterocycles. The third-order valence-corrected chi connectivity index (χ3v) is 7.46. The summed E-state index contributed by atoms with van der Waals surface area (Å²) in [6, 6.07) is 10.2. The van der Waals surface area contributed by atoms with Crippen molar-refractivity contribution in [3.8, 4) is 0 Å². The van der Waals surface area contributed by atoms with E-state index in [4.69, 9.17) is 9.47 Å². The average Bonchev–Trinajstić information content (AvgIpc) is 3.43. The van der Waals surface area contributed by atoms with Crippen molar-refractivity contribution in [2.75, 3.05) is 31.3 Å². The van der Waals surface area contributed by atoms with Gasteiger partial charge in [0.05, 0.1) is 38.5 Å². The van der Waals surface area contributed by atoms with Crippen molar-refractivity contribution in [2.45, 2.75) is 31.0 Å². The maximum Gasteiger partial charge on any atom is 0.416 e. The molecule has 3 aromatic rings. The molecular formula is C27H25F3N4O3. The SMILES string of the molecule is Cn1cnnc1CC1(c2cccc(N3Cc4c(cc(C5=CCCOC5)cc4C(F)(F)F)C3=O)c2)COC1. The standard InChI is InChI=1S/C27H25F3N4O3/c1-33-16-31-32-24(33)11-26(14-37-15-26)19-5-2-6-20(10-19)34-12-22-21(25(34)35)8-18(9-23(22)27(28,29)30)17-4-3-7-36-13-17/h2,4-6,8-10,16H,3,7,11-15H2,1H3. The molecule has 3 aliphatic heterocycles. The van der Waals surface area contributed by atoms with Crippen molar-refractivity contribution < 1.29 is 27.4 Å². The Morgan fingerprint density at radius 1 is 1.14 bits per heavy atom. The monoisotopic (exact) mass is 510 g/mol. The minimum atomic E-state index is -4.59. The van der Waals surface area contributed by atoms with E-state index in [0.29, 0.717) is 49.5 Å². The van der Waals surface area contributed by atoms with Crippen LogP contribution in [0.25, 0.3) is 5.57 Å². The van der Waals surface area contributed by atoms with E-state index in [1.807, 2.05) is 35.9 Å². The number of halogens is 3. The van der Waals surface area contributed by atoms with Gasteiger partial charge in [0.15, 0.2) is 0 Å². The fourth-order valence-corrected chi connectivity index (χ4v) is 5.31. The van der Waals surface area contributed by atoms with Crippen molar-refractivity contribution in [2.24, 2.45) is 7.05 Å². The Morgan fingerprint density at radius 2 is 1.97 bits per heavy atom. The molecule has 0 radical (unpaired) electrons. The second-order valence-electron chi connectivity index (χ2n) is 9.87. The Hall–Kier alpha value is -3.50. The minimum Gasteiger partial charge on any atom is -0.379 e. The maximum atomic E-state index is 14.1. The van der Waals surface area contributed by atoms with Crippen LogP contribution < -0.4 is 4.90 Å². The summed E-state index contributed by atoms with van der Waals surface area (Å²) in [7, 11) is 1.88. The van der Waals surface area contributed by atoms with Gasteiger partial charge in [-0.3, -0.25) is 4.79 Å². The minimum absolute atomic E-state index is 0.00440. The van der Waals surface area contributed by atoms with Gasteiger partial charge in [-0.25, -0.2) is 0 Å². The number of amides is 1. The number of fused-ring (bicyclic) bond motifs is 1. The molecule has 0 spiro atoms. The summed E-state index contributed by atoms with van der Waals surface area (Å²) in [5.41, 5.74) is 1.52. The first-order valence-electron chi connectivity index (χ1n) is 12.1. The van der Waals surface area contributed by atoms with E-state index < -0.39 is 17.6 Å². The van der Waals surface area contributed by atoms with Crippen LogP contribution in [0.2, 0.25) is 0 Å². The second-order valence-corrected chi connectivity index (χ2v) is 9.87. The molecule has 2 aromatic carbocycles. The summed E-state index contributed by atoms with van der Waals surface area (Å²) in [5.74, 6) is 0.366. The highest BCUT2D eigenvalue weighted by atomic mass is 19.4. The van der Waals surface area contributed by atoms with Gasteiger partial charge in [-0.1, -0.05) is 18.2 Å². The zero-order chi connectivity index (χ0) is 25.8. The highest BCUT2D eigenvalue weighted by molar-refractivity contribution is 6.10. The van der Waals surface area contributed by atoms with E-state index in [9.17, 15) is 18.0 Å². The highest BCUT2D eigenvalue weighted by Crippen LogP contribution is 2.42. The number of anilines is 1. The molecule has 6 rings (SSSR count). The van der Waals surface area contributed by atoms with Gasteiger partial charge in [-0.2, -0.15) is 13.2 Å². The van der Waals surface area contributed by atoms with Crippen LogP contribution in [0, 0.1) is 0 Å². The molecule has 7 nitrogen and oxygen atoms in total.